The van der Waals surface area contributed by atoms with Crippen LogP contribution in [0.4, 0.5) is 11.4 Å². The zero-order valence-corrected chi connectivity index (χ0v) is 25.5. The molecule has 0 aliphatic rings. The molecular weight excluding hydrogens is 636 g/mol. The van der Waals surface area contributed by atoms with Gasteiger partial charge in [-0.1, -0.05) is 68.3 Å². The molecule has 4 rings (SSSR count). The van der Waals surface area contributed by atoms with Crippen molar-refractivity contribution in [3.8, 4) is 11.5 Å². The first kappa shape index (κ1) is 29.4. The van der Waals surface area contributed by atoms with E-state index in [2.05, 4.69) is 31.9 Å². The SMILES string of the molecule is CCOc1ccc(Br)cc1C(=O)N(CCN(C(=O)c1cc(Br)ccc1OCC)c1ccccc1)c1ccccc1. The largest absolute Gasteiger partial charge is 0.493 e. The van der Waals surface area contributed by atoms with Crippen molar-refractivity contribution in [2.45, 2.75) is 13.8 Å². The van der Waals surface area contributed by atoms with E-state index in [1.807, 2.05) is 86.6 Å². The predicted molar refractivity (Wildman–Crippen MR) is 167 cm³/mol. The van der Waals surface area contributed by atoms with Gasteiger partial charge in [0, 0.05) is 33.4 Å². The molecule has 4 aromatic rings. The summed E-state index contributed by atoms with van der Waals surface area (Å²) >= 11 is 6.98. The number of para-hydroxylation sites is 2. The molecule has 0 heterocycles. The zero-order valence-electron chi connectivity index (χ0n) is 22.3. The Morgan fingerprint density at radius 1 is 0.600 bits per heavy atom. The van der Waals surface area contributed by atoms with Crippen molar-refractivity contribution >= 4 is 55.0 Å². The van der Waals surface area contributed by atoms with Crippen LogP contribution in [0.1, 0.15) is 34.6 Å². The molecule has 206 valence electrons. The van der Waals surface area contributed by atoms with E-state index in [1.54, 1.807) is 34.1 Å². The number of carbonyl (C=O) groups excluding carboxylic acids is 2. The number of rotatable bonds is 11. The topological polar surface area (TPSA) is 59.1 Å². The smallest absolute Gasteiger partial charge is 0.262 e. The molecule has 2 amide bonds. The summed E-state index contributed by atoms with van der Waals surface area (Å²) < 4.78 is 13.1. The maximum atomic E-state index is 14.1. The van der Waals surface area contributed by atoms with Gasteiger partial charge in [0.05, 0.1) is 24.3 Å². The molecule has 0 N–H and O–H groups in total. The molecule has 0 radical (unpaired) electrons. The number of hydrogen-bond acceptors (Lipinski definition) is 4. The first-order valence-corrected chi connectivity index (χ1v) is 14.6. The highest BCUT2D eigenvalue weighted by Crippen LogP contribution is 2.29. The van der Waals surface area contributed by atoms with Crippen LogP contribution in [-0.2, 0) is 0 Å². The second-order valence-corrected chi connectivity index (χ2v) is 10.6. The molecule has 0 saturated heterocycles. The molecule has 0 atom stereocenters. The van der Waals surface area contributed by atoms with Crippen molar-refractivity contribution in [3.05, 3.63) is 117 Å². The van der Waals surface area contributed by atoms with Crippen molar-refractivity contribution in [2.75, 3.05) is 36.1 Å². The van der Waals surface area contributed by atoms with E-state index in [0.717, 1.165) is 8.95 Å². The van der Waals surface area contributed by atoms with Gasteiger partial charge in [-0.3, -0.25) is 9.59 Å². The van der Waals surface area contributed by atoms with E-state index >= 15 is 0 Å². The third kappa shape index (κ3) is 7.11. The van der Waals surface area contributed by atoms with E-state index in [4.69, 9.17) is 9.47 Å². The molecular formula is C32H30Br2N2O4. The quantitative estimate of drug-likeness (QED) is 0.163. The van der Waals surface area contributed by atoms with Gasteiger partial charge in [-0.05, 0) is 74.5 Å². The van der Waals surface area contributed by atoms with Crippen LogP contribution in [0.15, 0.2) is 106 Å². The molecule has 0 aromatic heterocycles. The summed E-state index contributed by atoms with van der Waals surface area (Å²) in [5, 5.41) is 0. The molecule has 0 spiro atoms. The van der Waals surface area contributed by atoms with Gasteiger partial charge in [-0.15, -0.1) is 0 Å². The zero-order chi connectivity index (χ0) is 28.5. The van der Waals surface area contributed by atoms with Gasteiger partial charge in [0.25, 0.3) is 11.8 Å². The fourth-order valence-electron chi connectivity index (χ4n) is 4.30. The summed E-state index contributed by atoms with van der Waals surface area (Å²) in [6.45, 7) is 5.09. The van der Waals surface area contributed by atoms with Gasteiger partial charge >= 0.3 is 0 Å². The Balaban J connectivity index is 1.73. The number of ether oxygens (including phenoxy) is 2. The minimum Gasteiger partial charge on any atom is -0.493 e. The van der Waals surface area contributed by atoms with Gasteiger partial charge in [-0.2, -0.15) is 0 Å². The van der Waals surface area contributed by atoms with E-state index in [1.165, 1.54) is 0 Å². The number of anilines is 2. The minimum atomic E-state index is -0.228. The van der Waals surface area contributed by atoms with Crippen molar-refractivity contribution in [1.82, 2.24) is 0 Å². The molecule has 0 aliphatic heterocycles. The first-order chi connectivity index (χ1) is 19.4. The molecule has 0 unspecified atom stereocenters. The number of hydrogen-bond donors (Lipinski definition) is 0. The second kappa shape index (κ2) is 14.1. The van der Waals surface area contributed by atoms with Crippen LogP contribution in [-0.4, -0.2) is 38.1 Å². The maximum Gasteiger partial charge on any atom is 0.262 e. The maximum absolute atomic E-state index is 14.1. The number of halogens is 2. The fourth-order valence-corrected chi connectivity index (χ4v) is 5.03. The molecule has 0 bridgehead atoms. The van der Waals surface area contributed by atoms with E-state index < -0.39 is 0 Å². The lowest BCUT2D eigenvalue weighted by Gasteiger charge is -2.29. The van der Waals surface area contributed by atoms with Gasteiger partial charge < -0.3 is 19.3 Å². The van der Waals surface area contributed by atoms with Crippen molar-refractivity contribution in [2.24, 2.45) is 0 Å². The summed E-state index contributed by atoms with van der Waals surface area (Å²) in [5.41, 5.74) is 2.30. The van der Waals surface area contributed by atoms with Crippen molar-refractivity contribution < 1.29 is 19.1 Å². The summed E-state index contributed by atoms with van der Waals surface area (Å²) in [7, 11) is 0. The number of benzene rings is 4. The van der Waals surface area contributed by atoms with Gasteiger partial charge in [0.1, 0.15) is 11.5 Å². The molecule has 40 heavy (non-hydrogen) atoms. The number of amides is 2. The Hall–Kier alpha value is -3.62. The van der Waals surface area contributed by atoms with Crippen LogP contribution in [0.25, 0.3) is 0 Å². The molecule has 4 aromatic carbocycles. The third-order valence-electron chi connectivity index (χ3n) is 6.12. The molecule has 6 nitrogen and oxygen atoms in total. The summed E-state index contributed by atoms with van der Waals surface area (Å²) in [5.74, 6) is 0.550. The van der Waals surface area contributed by atoms with Crippen LogP contribution in [0.5, 0.6) is 11.5 Å². The summed E-state index contributed by atoms with van der Waals surface area (Å²) in [6, 6.07) is 29.7. The van der Waals surface area contributed by atoms with Gasteiger partial charge in [0.15, 0.2) is 0 Å². The van der Waals surface area contributed by atoms with Crippen molar-refractivity contribution in [1.29, 1.82) is 0 Å². The molecule has 8 heteroatoms. The van der Waals surface area contributed by atoms with Crippen LogP contribution < -0.4 is 19.3 Å². The molecule has 0 fully saturated rings. The van der Waals surface area contributed by atoms with Crippen LogP contribution in [0, 0.1) is 0 Å². The Morgan fingerprint density at radius 2 is 0.975 bits per heavy atom. The monoisotopic (exact) mass is 664 g/mol. The second-order valence-electron chi connectivity index (χ2n) is 8.73. The van der Waals surface area contributed by atoms with Gasteiger partial charge in [-0.25, -0.2) is 0 Å². The van der Waals surface area contributed by atoms with Crippen LogP contribution >= 0.6 is 31.9 Å². The lowest BCUT2D eigenvalue weighted by molar-refractivity contribution is 0.0964. The summed E-state index contributed by atoms with van der Waals surface area (Å²) in [6.07, 6.45) is 0. The Morgan fingerprint density at radius 3 is 1.32 bits per heavy atom. The van der Waals surface area contributed by atoms with Crippen molar-refractivity contribution in [3.63, 3.8) is 0 Å². The van der Waals surface area contributed by atoms with Crippen LogP contribution in [0.3, 0.4) is 0 Å². The average Bonchev–Trinajstić information content (AvgIpc) is 2.98. The predicted octanol–water partition coefficient (Wildman–Crippen LogP) is 8.00. The van der Waals surface area contributed by atoms with Gasteiger partial charge in [0.2, 0.25) is 0 Å². The summed E-state index contributed by atoms with van der Waals surface area (Å²) in [4.78, 5) is 31.5. The molecule has 0 saturated carbocycles. The Kier molecular flexibility index (Phi) is 10.4. The normalized spacial score (nSPS) is 10.6. The Bertz CT molecular complexity index is 1340. The standard InChI is InChI=1S/C32H30Br2N2O4/c1-3-39-29-17-15-23(33)21-27(29)31(37)35(25-11-7-5-8-12-25)19-20-36(26-13-9-6-10-14-26)32(38)28-22-24(34)16-18-30(28)40-4-2/h5-18,21-22H,3-4,19-20H2,1-2H3. The Labute approximate surface area is 251 Å². The highest BCUT2D eigenvalue weighted by molar-refractivity contribution is 9.10. The lowest BCUT2D eigenvalue weighted by Crippen LogP contribution is -2.41. The number of carbonyl (C=O) groups is 2. The lowest BCUT2D eigenvalue weighted by atomic mass is 10.1. The van der Waals surface area contributed by atoms with E-state index in [-0.39, 0.29) is 24.9 Å². The molecule has 0 aliphatic carbocycles. The first-order valence-electron chi connectivity index (χ1n) is 13.0. The van der Waals surface area contributed by atoms with E-state index in [9.17, 15) is 9.59 Å². The van der Waals surface area contributed by atoms with E-state index in [0.29, 0.717) is 47.2 Å². The third-order valence-corrected chi connectivity index (χ3v) is 7.10. The fraction of sp³-hybridized carbons (Fsp3) is 0.188. The minimum absolute atomic E-state index is 0.228. The average molecular weight is 666 g/mol. The highest BCUT2D eigenvalue weighted by Gasteiger charge is 2.26. The number of nitrogens with zero attached hydrogens (tertiary/aromatic N) is 2. The van der Waals surface area contributed by atoms with Crippen LogP contribution in [0.2, 0.25) is 0 Å². The highest BCUT2D eigenvalue weighted by atomic mass is 79.9.